The van der Waals surface area contributed by atoms with Crippen LogP contribution in [0.25, 0.3) is 32.9 Å². The minimum atomic E-state index is -1.21. The second-order valence-electron chi connectivity index (χ2n) is 8.32. The third-order valence-corrected chi connectivity index (χ3v) is 7.27. The Kier molecular flexibility index (Phi) is 5.76. The molecule has 8 heteroatoms. The lowest BCUT2D eigenvalue weighted by Crippen LogP contribution is -1.98. The number of nitrogens with one attached hydrogen (secondary N) is 2. The third kappa shape index (κ3) is 3.82. The highest BCUT2D eigenvalue weighted by molar-refractivity contribution is 7.17. The first-order valence-corrected chi connectivity index (χ1v) is 11.8. The Balaban J connectivity index is 1.62. The fourth-order valence-corrected chi connectivity index (χ4v) is 5.30. The first kappa shape index (κ1) is 22.6. The number of allylic oxidation sites excluding steroid dienone is 1. The Morgan fingerprint density at radius 1 is 1.00 bits per heavy atom. The van der Waals surface area contributed by atoms with Crippen LogP contribution in [0.15, 0.2) is 66.5 Å². The SMILES string of the molecule is CC(=CCc1cccc2c(C(=O)c3sc(C(=O)O)c(-c4c[nH]c5ccccc45)c3O)c[nH]c12)CO. The van der Waals surface area contributed by atoms with Gasteiger partial charge in [0.2, 0.25) is 5.78 Å². The number of carboxylic acid groups (broad SMARTS) is 1. The lowest BCUT2D eigenvalue weighted by molar-refractivity contribution is 0.0702. The molecule has 0 saturated carbocycles. The van der Waals surface area contributed by atoms with Crippen LogP contribution in [0.4, 0.5) is 0 Å². The van der Waals surface area contributed by atoms with Crippen LogP contribution in [0.1, 0.15) is 37.4 Å². The summed E-state index contributed by atoms with van der Waals surface area (Å²) in [5.74, 6) is -2.00. The van der Waals surface area contributed by atoms with Gasteiger partial charge in [-0.3, -0.25) is 4.79 Å². The van der Waals surface area contributed by atoms with E-state index in [0.717, 1.165) is 38.9 Å². The molecular weight excluding hydrogens is 464 g/mol. The van der Waals surface area contributed by atoms with E-state index >= 15 is 0 Å². The van der Waals surface area contributed by atoms with Crippen molar-refractivity contribution < 1.29 is 24.9 Å². The molecule has 3 aromatic heterocycles. The zero-order valence-corrected chi connectivity index (χ0v) is 19.6. The van der Waals surface area contributed by atoms with Gasteiger partial charge in [0.05, 0.1) is 12.2 Å². The quantitative estimate of drug-likeness (QED) is 0.154. The predicted octanol–water partition coefficient (Wildman–Crippen LogP) is 5.49. The number of H-pyrrole nitrogens is 2. The highest BCUT2D eigenvalue weighted by atomic mass is 32.1. The molecule has 5 aromatic rings. The summed E-state index contributed by atoms with van der Waals surface area (Å²) in [6, 6.07) is 13.0. The number of fused-ring (bicyclic) bond motifs is 2. The highest BCUT2D eigenvalue weighted by Crippen LogP contribution is 2.45. The number of aromatic hydroxyl groups is 1. The Bertz CT molecular complexity index is 1640. The molecule has 0 spiro atoms. The summed E-state index contributed by atoms with van der Waals surface area (Å²) in [5.41, 5.74) is 4.39. The van der Waals surface area contributed by atoms with E-state index in [9.17, 15) is 24.9 Å². The van der Waals surface area contributed by atoms with Crippen LogP contribution < -0.4 is 0 Å². The molecule has 2 aromatic carbocycles. The number of hydrogen-bond donors (Lipinski definition) is 5. The fourth-order valence-electron chi connectivity index (χ4n) is 4.30. The van der Waals surface area contributed by atoms with E-state index in [1.165, 1.54) is 0 Å². The van der Waals surface area contributed by atoms with Gasteiger partial charge in [0, 0.05) is 45.3 Å². The monoisotopic (exact) mass is 486 g/mol. The third-order valence-electron chi connectivity index (χ3n) is 6.11. The van der Waals surface area contributed by atoms with Crippen molar-refractivity contribution in [3.8, 4) is 16.9 Å². The second kappa shape index (κ2) is 8.90. The van der Waals surface area contributed by atoms with Gasteiger partial charge in [-0.05, 0) is 25.0 Å². The summed E-state index contributed by atoms with van der Waals surface area (Å²) in [5, 5.41) is 31.7. The minimum absolute atomic E-state index is 0.0211. The van der Waals surface area contributed by atoms with Crippen molar-refractivity contribution in [2.75, 3.05) is 6.61 Å². The van der Waals surface area contributed by atoms with E-state index in [2.05, 4.69) is 9.97 Å². The molecular formula is C27H22N2O5S. The lowest BCUT2D eigenvalue weighted by Gasteiger charge is -2.03. The molecule has 0 radical (unpaired) electrons. The number of carbonyl (C=O) groups is 2. The number of ketones is 1. The maximum Gasteiger partial charge on any atom is 0.346 e. The number of aromatic nitrogens is 2. The Labute approximate surface area is 204 Å². The fraction of sp³-hybridized carbons (Fsp3) is 0.111. The molecule has 0 bridgehead atoms. The number of hydrogen-bond acceptors (Lipinski definition) is 5. The van der Waals surface area contributed by atoms with Crippen molar-refractivity contribution in [3.63, 3.8) is 0 Å². The summed E-state index contributed by atoms with van der Waals surface area (Å²) in [6.07, 6.45) is 5.74. The standard InChI is InChI=1S/C27H22N2O5S/c1-14(13-30)9-10-15-5-4-7-17-19(12-29-22(15)17)23(31)26-24(32)21(25(35-26)27(33)34)18-11-28-20-8-3-2-6-16(18)20/h2-9,11-12,28-30,32H,10,13H2,1H3,(H,33,34). The summed E-state index contributed by atoms with van der Waals surface area (Å²) in [7, 11) is 0. The van der Waals surface area contributed by atoms with E-state index in [4.69, 9.17) is 0 Å². The van der Waals surface area contributed by atoms with Crippen LogP contribution in [0, 0.1) is 0 Å². The summed E-state index contributed by atoms with van der Waals surface area (Å²) in [4.78, 5) is 31.8. The van der Waals surface area contributed by atoms with Gasteiger partial charge in [-0.2, -0.15) is 0 Å². The number of rotatable bonds is 7. The average Bonchev–Trinajstić information content (AvgIpc) is 3.57. The number of carboxylic acids is 1. The summed E-state index contributed by atoms with van der Waals surface area (Å²) >= 11 is 0.773. The molecule has 0 aliphatic heterocycles. The van der Waals surface area contributed by atoms with Crippen molar-refractivity contribution >= 4 is 44.9 Å². The normalized spacial score (nSPS) is 12.0. The van der Waals surface area contributed by atoms with Gasteiger partial charge in [0.25, 0.3) is 0 Å². The molecule has 0 aliphatic carbocycles. The number of para-hydroxylation sites is 2. The molecule has 7 nitrogen and oxygen atoms in total. The van der Waals surface area contributed by atoms with Crippen LogP contribution in [0.2, 0.25) is 0 Å². The number of aromatic amines is 2. The van der Waals surface area contributed by atoms with E-state index in [0.29, 0.717) is 22.9 Å². The molecule has 5 rings (SSSR count). The molecule has 35 heavy (non-hydrogen) atoms. The van der Waals surface area contributed by atoms with Gasteiger partial charge >= 0.3 is 5.97 Å². The van der Waals surface area contributed by atoms with Gasteiger partial charge in [0.1, 0.15) is 15.5 Å². The Morgan fingerprint density at radius 2 is 1.77 bits per heavy atom. The topological polar surface area (TPSA) is 126 Å². The number of carbonyl (C=O) groups excluding carboxylic acids is 1. The number of aliphatic hydroxyl groups is 1. The van der Waals surface area contributed by atoms with Gasteiger partial charge < -0.3 is 25.3 Å². The molecule has 5 N–H and O–H groups in total. The van der Waals surface area contributed by atoms with E-state index < -0.39 is 11.8 Å². The van der Waals surface area contributed by atoms with Crippen LogP contribution >= 0.6 is 11.3 Å². The van der Waals surface area contributed by atoms with Crippen molar-refractivity contribution in [1.29, 1.82) is 0 Å². The molecule has 0 aliphatic rings. The molecule has 3 heterocycles. The van der Waals surface area contributed by atoms with Gasteiger partial charge in [0.15, 0.2) is 0 Å². The molecule has 0 saturated heterocycles. The summed E-state index contributed by atoms with van der Waals surface area (Å²) in [6.45, 7) is 1.82. The number of aromatic carboxylic acids is 1. The average molecular weight is 487 g/mol. The maximum absolute atomic E-state index is 13.6. The zero-order valence-electron chi connectivity index (χ0n) is 18.8. The van der Waals surface area contributed by atoms with Crippen LogP contribution in [-0.4, -0.2) is 43.6 Å². The van der Waals surface area contributed by atoms with Crippen molar-refractivity contribution in [3.05, 3.63) is 87.4 Å². The maximum atomic E-state index is 13.6. The molecule has 0 amide bonds. The first-order valence-electron chi connectivity index (χ1n) is 11.0. The summed E-state index contributed by atoms with van der Waals surface area (Å²) < 4.78 is 0. The highest BCUT2D eigenvalue weighted by Gasteiger charge is 2.30. The Morgan fingerprint density at radius 3 is 2.54 bits per heavy atom. The van der Waals surface area contributed by atoms with Crippen LogP contribution in [-0.2, 0) is 6.42 Å². The van der Waals surface area contributed by atoms with Gasteiger partial charge in [-0.25, -0.2) is 4.79 Å². The van der Waals surface area contributed by atoms with E-state index in [1.54, 1.807) is 12.4 Å². The smallest absolute Gasteiger partial charge is 0.346 e. The van der Waals surface area contributed by atoms with Crippen LogP contribution in [0.5, 0.6) is 5.75 Å². The largest absolute Gasteiger partial charge is 0.506 e. The minimum Gasteiger partial charge on any atom is -0.506 e. The molecule has 0 fully saturated rings. The van der Waals surface area contributed by atoms with Crippen LogP contribution in [0.3, 0.4) is 0 Å². The molecule has 0 atom stereocenters. The van der Waals surface area contributed by atoms with Crippen molar-refractivity contribution in [2.24, 2.45) is 0 Å². The lowest BCUT2D eigenvalue weighted by atomic mass is 10.0. The zero-order chi connectivity index (χ0) is 24.7. The van der Waals surface area contributed by atoms with Crippen molar-refractivity contribution in [2.45, 2.75) is 13.3 Å². The number of benzene rings is 2. The molecule has 176 valence electrons. The Hall–Kier alpha value is -4.14. The first-order chi connectivity index (χ1) is 16.9. The van der Waals surface area contributed by atoms with Gasteiger partial charge in [-0.15, -0.1) is 11.3 Å². The van der Waals surface area contributed by atoms with Gasteiger partial charge in [-0.1, -0.05) is 48.0 Å². The predicted molar refractivity (Wildman–Crippen MR) is 137 cm³/mol. The number of thiophene rings is 1. The number of aliphatic hydroxyl groups excluding tert-OH is 1. The second-order valence-corrected chi connectivity index (χ2v) is 9.34. The van der Waals surface area contributed by atoms with Crippen molar-refractivity contribution in [1.82, 2.24) is 9.97 Å². The van der Waals surface area contributed by atoms with E-state index in [1.807, 2.05) is 55.5 Å². The molecule has 0 unspecified atom stereocenters. The van der Waals surface area contributed by atoms with E-state index in [-0.39, 0.29) is 27.7 Å².